The number of carbonyl (C=O) groups excluding carboxylic acids is 2. The number of benzene rings is 3. The van der Waals surface area contributed by atoms with Crippen LogP contribution < -0.4 is 4.74 Å². The lowest BCUT2D eigenvalue weighted by Crippen LogP contribution is -2.15. The zero-order chi connectivity index (χ0) is 24.9. The van der Waals surface area contributed by atoms with Gasteiger partial charge in [0.05, 0.1) is 19.9 Å². The van der Waals surface area contributed by atoms with E-state index in [4.69, 9.17) is 14.2 Å². The predicted octanol–water partition coefficient (Wildman–Crippen LogP) is 5.59. The van der Waals surface area contributed by atoms with Gasteiger partial charge >= 0.3 is 11.9 Å². The Bertz CT molecular complexity index is 1370. The van der Waals surface area contributed by atoms with Crippen LogP contribution in [0.4, 0.5) is 4.39 Å². The van der Waals surface area contributed by atoms with Gasteiger partial charge in [0.25, 0.3) is 0 Å². The van der Waals surface area contributed by atoms with Gasteiger partial charge in [-0.3, -0.25) is 0 Å². The second-order valence-electron chi connectivity index (χ2n) is 7.35. The molecule has 0 radical (unpaired) electrons. The summed E-state index contributed by atoms with van der Waals surface area (Å²) in [7, 11) is 2.46. The average Bonchev–Trinajstić information content (AvgIpc) is 3.30. The van der Waals surface area contributed by atoms with Crippen LogP contribution in [0.1, 0.15) is 26.4 Å². The number of nitrogens with zero attached hydrogens (tertiary/aromatic N) is 2. The molecule has 0 aliphatic rings. The predicted molar refractivity (Wildman–Crippen MR) is 130 cm³/mol. The number of ether oxygens (including phenoxy) is 3. The van der Waals surface area contributed by atoms with E-state index in [1.54, 1.807) is 54.6 Å². The largest absolute Gasteiger partial charge is 0.489 e. The summed E-state index contributed by atoms with van der Waals surface area (Å²) >= 11 is 3.38. The number of para-hydroxylation sites is 1. The summed E-state index contributed by atoms with van der Waals surface area (Å²) in [6.45, 7) is 0.153. The maximum atomic E-state index is 13.5. The van der Waals surface area contributed by atoms with Gasteiger partial charge in [0.15, 0.2) is 5.69 Å². The Labute approximate surface area is 209 Å². The fourth-order valence-corrected chi connectivity index (χ4v) is 3.84. The number of hydrogen-bond acceptors (Lipinski definition) is 6. The third kappa shape index (κ3) is 5.09. The zero-order valence-corrected chi connectivity index (χ0v) is 20.4. The van der Waals surface area contributed by atoms with Gasteiger partial charge in [-0.2, -0.15) is 5.10 Å². The molecule has 0 unspecified atom stereocenters. The number of hydrogen-bond donors (Lipinski definition) is 0. The minimum Gasteiger partial charge on any atom is -0.489 e. The number of halogens is 2. The molecule has 4 rings (SSSR count). The molecule has 9 heteroatoms. The van der Waals surface area contributed by atoms with Crippen LogP contribution in [0.15, 0.2) is 77.3 Å². The lowest BCUT2D eigenvalue weighted by Gasteiger charge is -2.09. The number of aromatic nitrogens is 2. The van der Waals surface area contributed by atoms with E-state index in [1.807, 2.05) is 6.07 Å². The van der Waals surface area contributed by atoms with Gasteiger partial charge in [-0.25, -0.2) is 18.7 Å². The van der Waals surface area contributed by atoms with Crippen molar-refractivity contribution in [3.8, 4) is 22.7 Å². The van der Waals surface area contributed by atoms with Gasteiger partial charge in [0.2, 0.25) is 0 Å². The lowest BCUT2D eigenvalue weighted by atomic mass is 10.1. The first-order chi connectivity index (χ1) is 16.9. The highest BCUT2D eigenvalue weighted by molar-refractivity contribution is 9.10. The fourth-order valence-electron chi connectivity index (χ4n) is 3.48. The van der Waals surface area contributed by atoms with E-state index in [2.05, 4.69) is 21.0 Å². The summed E-state index contributed by atoms with van der Waals surface area (Å²) in [6.07, 6.45) is 0. The Morgan fingerprint density at radius 1 is 0.943 bits per heavy atom. The second-order valence-corrected chi connectivity index (χ2v) is 8.21. The highest BCUT2D eigenvalue weighted by atomic mass is 79.9. The molecule has 0 aliphatic carbocycles. The number of esters is 2. The molecule has 178 valence electrons. The molecular weight excluding hydrogens is 519 g/mol. The topological polar surface area (TPSA) is 79.7 Å². The number of methoxy groups -OCH3 is 2. The first-order valence-electron chi connectivity index (χ1n) is 10.4. The van der Waals surface area contributed by atoms with Gasteiger partial charge in [0, 0.05) is 15.6 Å². The average molecular weight is 539 g/mol. The maximum absolute atomic E-state index is 13.5. The van der Waals surface area contributed by atoms with Crippen molar-refractivity contribution in [3.63, 3.8) is 0 Å². The Morgan fingerprint density at radius 3 is 2.29 bits per heavy atom. The van der Waals surface area contributed by atoms with E-state index in [9.17, 15) is 14.0 Å². The van der Waals surface area contributed by atoms with Crippen molar-refractivity contribution >= 4 is 27.9 Å². The highest BCUT2D eigenvalue weighted by Gasteiger charge is 2.31. The van der Waals surface area contributed by atoms with Crippen LogP contribution in [-0.2, 0) is 16.1 Å². The molecule has 0 amide bonds. The van der Waals surface area contributed by atoms with Crippen molar-refractivity contribution in [3.05, 3.63) is 99.9 Å². The molecule has 7 nitrogen and oxygen atoms in total. The van der Waals surface area contributed by atoms with Gasteiger partial charge in [-0.1, -0.05) is 34.1 Å². The van der Waals surface area contributed by atoms with E-state index in [0.29, 0.717) is 22.6 Å². The zero-order valence-electron chi connectivity index (χ0n) is 18.8. The summed E-state index contributed by atoms with van der Waals surface area (Å²) in [5.74, 6) is -1.28. The van der Waals surface area contributed by atoms with Crippen molar-refractivity contribution in [2.45, 2.75) is 6.61 Å². The monoisotopic (exact) mass is 538 g/mol. The molecule has 0 saturated carbocycles. The van der Waals surface area contributed by atoms with E-state index in [-0.39, 0.29) is 29.4 Å². The van der Waals surface area contributed by atoms with Gasteiger partial charge < -0.3 is 14.2 Å². The SMILES string of the molecule is COC(=O)c1c(-c2ccc(OCc3cc(F)ccc3Br)cc2)nn(-c2ccccc2)c1C(=O)OC. The van der Waals surface area contributed by atoms with Crippen LogP contribution in [0.2, 0.25) is 0 Å². The third-order valence-corrected chi connectivity index (χ3v) is 5.96. The maximum Gasteiger partial charge on any atom is 0.357 e. The minimum absolute atomic E-state index is 0.0134. The first kappa shape index (κ1) is 24.2. The summed E-state index contributed by atoms with van der Waals surface area (Å²) < 4.78 is 31.3. The molecule has 0 N–H and O–H groups in total. The molecule has 0 spiro atoms. The van der Waals surface area contributed by atoms with Crippen LogP contribution in [0, 0.1) is 5.82 Å². The second kappa shape index (κ2) is 10.5. The van der Waals surface area contributed by atoms with Gasteiger partial charge in [-0.05, 0) is 54.6 Å². The standard InChI is InChI=1S/C26H20BrFN2O5/c1-33-25(31)22-23(29-30(24(22)26(32)34-2)19-6-4-3-5-7-19)16-8-11-20(12-9-16)35-15-17-14-18(28)10-13-21(17)27/h3-14H,15H2,1-2H3. The Kier molecular flexibility index (Phi) is 7.26. The Morgan fingerprint density at radius 2 is 1.63 bits per heavy atom. The van der Waals surface area contributed by atoms with E-state index < -0.39 is 11.9 Å². The fraction of sp³-hybridized carbons (Fsp3) is 0.115. The van der Waals surface area contributed by atoms with E-state index >= 15 is 0 Å². The quantitative estimate of drug-likeness (QED) is 0.285. The third-order valence-electron chi connectivity index (χ3n) is 5.18. The van der Waals surface area contributed by atoms with Crippen LogP contribution >= 0.6 is 15.9 Å². The molecule has 0 fully saturated rings. The van der Waals surface area contributed by atoms with Crippen molar-refractivity contribution in [2.75, 3.05) is 14.2 Å². The summed E-state index contributed by atoms with van der Waals surface area (Å²) in [5, 5.41) is 4.56. The van der Waals surface area contributed by atoms with Crippen molar-refractivity contribution in [1.82, 2.24) is 9.78 Å². The Balaban J connectivity index is 1.72. The van der Waals surface area contributed by atoms with E-state index in [1.165, 1.54) is 31.0 Å². The molecule has 0 bridgehead atoms. The molecule has 4 aromatic rings. The molecule has 35 heavy (non-hydrogen) atoms. The van der Waals surface area contributed by atoms with Crippen molar-refractivity contribution < 1.29 is 28.2 Å². The lowest BCUT2D eigenvalue weighted by molar-refractivity contribution is 0.0549. The molecule has 1 heterocycles. The molecule has 3 aromatic carbocycles. The summed E-state index contributed by atoms with van der Waals surface area (Å²) in [4.78, 5) is 25.4. The number of rotatable bonds is 7. The normalized spacial score (nSPS) is 10.6. The first-order valence-corrected chi connectivity index (χ1v) is 11.2. The van der Waals surface area contributed by atoms with Crippen LogP contribution in [0.25, 0.3) is 16.9 Å². The summed E-state index contributed by atoms with van der Waals surface area (Å²) in [5.41, 5.74) is 1.98. The molecular formula is C26H20BrFN2O5. The molecule has 0 saturated heterocycles. The van der Waals surface area contributed by atoms with Crippen molar-refractivity contribution in [2.24, 2.45) is 0 Å². The van der Waals surface area contributed by atoms with Gasteiger partial charge in [-0.15, -0.1) is 0 Å². The minimum atomic E-state index is -0.728. The smallest absolute Gasteiger partial charge is 0.357 e. The Hall–Kier alpha value is -3.98. The van der Waals surface area contributed by atoms with Crippen LogP contribution in [0.3, 0.4) is 0 Å². The molecule has 0 aliphatic heterocycles. The number of carbonyl (C=O) groups is 2. The molecule has 0 atom stereocenters. The van der Waals surface area contributed by atoms with Crippen LogP contribution in [0.5, 0.6) is 5.75 Å². The van der Waals surface area contributed by atoms with Gasteiger partial charge in [0.1, 0.15) is 29.4 Å². The van der Waals surface area contributed by atoms with E-state index in [0.717, 1.165) is 4.47 Å². The molecule has 1 aromatic heterocycles. The summed E-state index contributed by atoms with van der Waals surface area (Å²) in [6, 6.07) is 20.1. The van der Waals surface area contributed by atoms with Crippen LogP contribution in [-0.4, -0.2) is 35.9 Å². The van der Waals surface area contributed by atoms with Crippen molar-refractivity contribution in [1.29, 1.82) is 0 Å². The highest BCUT2D eigenvalue weighted by Crippen LogP contribution is 2.30.